The Hall–Kier alpha value is 1.14. The van der Waals surface area contributed by atoms with Crippen molar-refractivity contribution in [2.75, 3.05) is 23.0 Å². The standard InChI is InChI=1S/C20H34S4/c1-15-3-5-17(6-4-15)7-9-19-13-24-20(14-23-19)10-8-18-11-21-16(2)22-12-18/h3,16-20H,4-14H2,1-2H3. The zero-order valence-corrected chi connectivity index (χ0v) is 18.6. The summed E-state index contributed by atoms with van der Waals surface area (Å²) in [5.41, 5.74) is 1.63. The summed E-state index contributed by atoms with van der Waals surface area (Å²) in [6, 6.07) is 0. The Labute approximate surface area is 166 Å². The predicted octanol–water partition coefficient (Wildman–Crippen LogP) is 6.95. The van der Waals surface area contributed by atoms with Crippen LogP contribution in [0.15, 0.2) is 11.6 Å². The lowest BCUT2D eigenvalue weighted by Gasteiger charge is -2.31. The molecular weight excluding hydrogens is 368 g/mol. The van der Waals surface area contributed by atoms with Gasteiger partial charge in [0, 0.05) is 26.6 Å². The van der Waals surface area contributed by atoms with Gasteiger partial charge in [-0.3, -0.25) is 0 Å². The Bertz CT molecular complexity index is 392. The minimum atomic E-state index is 0.838. The molecule has 3 unspecified atom stereocenters. The SMILES string of the molecule is CC1=CCC(CCC2CSC(CCC3CSC(C)SC3)CS2)CC1. The molecule has 3 rings (SSSR count). The van der Waals surface area contributed by atoms with Gasteiger partial charge >= 0.3 is 0 Å². The molecule has 1 aliphatic carbocycles. The van der Waals surface area contributed by atoms with Gasteiger partial charge in [-0.05, 0) is 82.1 Å². The molecule has 0 saturated carbocycles. The minimum Gasteiger partial charge on any atom is -0.157 e. The molecule has 138 valence electrons. The third-order valence-corrected chi connectivity index (χ3v) is 12.2. The van der Waals surface area contributed by atoms with E-state index in [1.807, 2.05) is 0 Å². The molecule has 0 amide bonds. The molecule has 0 aromatic rings. The molecule has 3 atom stereocenters. The van der Waals surface area contributed by atoms with Gasteiger partial charge in [0.15, 0.2) is 0 Å². The molecule has 24 heavy (non-hydrogen) atoms. The normalized spacial score (nSPS) is 37.9. The van der Waals surface area contributed by atoms with Crippen LogP contribution in [0.5, 0.6) is 0 Å². The van der Waals surface area contributed by atoms with Crippen molar-refractivity contribution in [2.45, 2.75) is 73.9 Å². The molecule has 2 heterocycles. The molecular formula is C20H34S4. The van der Waals surface area contributed by atoms with Crippen molar-refractivity contribution < 1.29 is 0 Å². The van der Waals surface area contributed by atoms with Crippen molar-refractivity contribution in [3.8, 4) is 0 Å². The second-order valence-electron chi connectivity index (χ2n) is 7.86. The number of allylic oxidation sites excluding steroid dienone is 2. The quantitative estimate of drug-likeness (QED) is 0.440. The number of rotatable bonds is 6. The Morgan fingerprint density at radius 1 is 0.833 bits per heavy atom. The first-order valence-electron chi connectivity index (χ1n) is 9.81. The van der Waals surface area contributed by atoms with Crippen molar-refractivity contribution in [2.24, 2.45) is 11.8 Å². The molecule has 0 bridgehead atoms. The van der Waals surface area contributed by atoms with Crippen LogP contribution in [-0.2, 0) is 0 Å². The van der Waals surface area contributed by atoms with Crippen LogP contribution in [0, 0.1) is 11.8 Å². The molecule has 0 N–H and O–H groups in total. The van der Waals surface area contributed by atoms with Crippen LogP contribution in [0.4, 0.5) is 0 Å². The summed E-state index contributed by atoms with van der Waals surface area (Å²) in [5, 5.41) is 1.89. The van der Waals surface area contributed by atoms with Gasteiger partial charge in [-0.25, -0.2) is 0 Å². The summed E-state index contributed by atoms with van der Waals surface area (Å²) < 4.78 is 0.838. The predicted molar refractivity (Wildman–Crippen MR) is 120 cm³/mol. The molecule has 2 aliphatic heterocycles. The summed E-state index contributed by atoms with van der Waals surface area (Å²) in [7, 11) is 0. The molecule has 0 spiro atoms. The van der Waals surface area contributed by atoms with Crippen LogP contribution in [0.1, 0.15) is 58.8 Å². The summed E-state index contributed by atoms with van der Waals surface area (Å²) in [6.45, 7) is 4.67. The zero-order valence-electron chi connectivity index (χ0n) is 15.4. The van der Waals surface area contributed by atoms with Crippen molar-refractivity contribution >= 4 is 47.0 Å². The minimum absolute atomic E-state index is 0.838. The molecule has 2 saturated heterocycles. The first kappa shape index (κ1) is 19.9. The van der Waals surface area contributed by atoms with Gasteiger partial charge in [0.2, 0.25) is 0 Å². The fourth-order valence-electron chi connectivity index (χ4n) is 3.85. The highest BCUT2D eigenvalue weighted by Crippen LogP contribution is 2.39. The highest BCUT2D eigenvalue weighted by Gasteiger charge is 2.25. The Balaban J connectivity index is 1.26. The van der Waals surface area contributed by atoms with Crippen molar-refractivity contribution in [3.05, 3.63) is 11.6 Å². The van der Waals surface area contributed by atoms with E-state index >= 15 is 0 Å². The van der Waals surface area contributed by atoms with Gasteiger partial charge in [-0.2, -0.15) is 23.5 Å². The summed E-state index contributed by atoms with van der Waals surface area (Å²) in [5.74, 6) is 7.64. The zero-order chi connectivity index (χ0) is 16.8. The van der Waals surface area contributed by atoms with Gasteiger partial charge in [0.25, 0.3) is 0 Å². The fourth-order valence-corrected chi connectivity index (χ4v) is 9.66. The van der Waals surface area contributed by atoms with Crippen LogP contribution in [0.2, 0.25) is 0 Å². The van der Waals surface area contributed by atoms with Crippen LogP contribution >= 0.6 is 47.0 Å². The van der Waals surface area contributed by atoms with E-state index in [1.165, 1.54) is 68.0 Å². The summed E-state index contributed by atoms with van der Waals surface area (Å²) >= 11 is 8.96. The van der Waals surface area contributed by atoms with E-state index < -0.39 is 0 Å². The molecule has 0 nitrogen and oxygen atoms in total. The van der Waals surface area contributed by atoms with Gasteiger partial charge < -0.3 is 0 Å². The highest BCUT2D eigenvalue weighted by atomic mass is 32.2. The number of hydrogen-bond acceptors (Lipinski definition) is 4. The van der Waals surface area contributed by atoms with Crippen LogP contribution in [0.25, 0.3) is 0 Å². The van der Waals surface area contributed by atoms with Crippen molar-refractivity contribution in [3.63, 3.8) is 0 Å². The average Bonchev–Trinajstić information content (AvgIpc) is 2.62. The lowest BCUT2D eigenvalue weighted by molar-refractivity contribution is 0.424. The van der Waals surface area contributed by atoms with Gasteiger partial charge in [-0.1, -0.05) is 11.6 Å². The van der Waals surface area contributed by atoms with E-state index in [4.69, 9.17) is 0 Å². The van der Waals surface area contributed by atoms with E-state index in [1.54, 1.807) is 5.57 Å². The second-order valence-corrected chi connectivity index (χ2v) is 13.6. The third kappa shape index (κ3) is 6.70. The maximum Gasteiger partial charge on any atom is 0.0474 e. The maximum absolute atomic E-state index is 2.50. The fraction of sp³-hybridized carbons (Fsp3) is 0.900. The monoisotopic (exact) mass is 402 g/mol. The molecule has 4 heteroatoms. The first-order chi connectivity index (χ1) is 11.7. The van der Waals surface area contributed by atoms with Gasteiger partial charge in [0.1, 0.15) is 0 Å². The Morgan fingerprint density at radius 3 is 2.00 bits per heavy atom. The smallest absolute Gasteiger partial charge is 0.0474 e. The summed E-state index contributed by atoms with van der Waals surface area (Å²) in [6.07, 6.45) is 12.5. The largest absolute Gasteiger partial charge is 0.157 e. The average molecular weight is 403 g/mol. The molecule has 3 aliphatic rings. The van der Waals surface area contributed by atoms with E-state index in [0.29, 0.717) is 0 Å². The van der Waals surface area contributed by atoms with E-state index in [-0.39, 0.29) is 0 Å². The second kappa shape index (κ2) is 10.5. The maximum atomic E-state index is 2.50. The molecule has 0 radical (unpaired) electrons. The molecule has 2 fully saturated rings. The topological polar surface area (TPSA) is 0 Å². The first-order valence-corrected chi connectivity index (χ1v) is 14.0. The Kier molecular flexibility index (Phi) is 8.67. The lowest BCUT2D eigenvalue weighted by atomic mass is 9.87. The van der Waals surface area contributed by atoms with E-state index in [2.05, 4.69) is 67.0 Å². The van der Waals surface area contributed by atoms with Crippen LogP contribution in [0.3, 0.4) is 0 Å². The number of thioether (sulfide) groups is 4. The van der Waals surface area contributed by atoms with Gasteiger partial charge in [0.05, 0.1) is 0 Å². The molecule has 0 aromatic carbocycles. The lowest BCUT2D eigenvalue weighted by Crippen LogP contribution is -2.24. The van der Waals surface area contributed by atoms with Crippen LogP contribution < -0.4 is 0 Å². The highest BCUT2D eigenvalue weighted by molar-refractivity contribution is 8.17. The van der Waals surface area contributed by atoms with Crippen LogP contribution in [-0.4, -0.2) is 38.1 Å². The van der Waals surface area contributed by atoms with Crippen molar-refractivity contribution in [1.29, 1.82) is 0 Å². The van der Waals surface area contributed by atoms with Gasteiger partial charge in [-0.15, -0.1) is 23.5 Å². The Morgan fingerprint density at radius 2 is 1.46 bits per heavy atom. The van der Waals surface area contributed by atoms with E-state index in [0.717, 1.165) is 26.9 Å². The third-order valence-electron chi connectivity index (χ3n) is 5.71. The number of hydrogen-bond donors (Lipinski definition) is 0. The summed E-state index contributed by atoms with van der Waals surface area (Å²) in [4.78, 5) is 0. The van der Waals surface area contributed by atoms with E-state index in [9.17, 15) is 0 Å². The van der Waals surface area contributed by atoms with Crippen molar-refractivity contribution in [1.82, 2.24) is 0 Å². The molecule has 0 aromatic heterocycles.